The molecule has 0 atom stereocenters. The van der Waals surface area contributed by atoms with Crippen molar-refractivity contribution in [3.63, 3.8) is 0 Å². The molecule has 0 aliphatic heterocycles. The lowest BCUT2D eigenvalue weighted by atomic mass is 10.1. The first-order valence-corrected chi connectivity index (χ1v) is 11.5. The summed E-state index contributed by atoms with van der Waals surface area (Å²) in [7, 11) is -1.44. The first-order valence-electron chi connectivity index (χ1n) is 7.31. The van der Waals surface area contributed by atoms with Gasteiger partial charge in [-0.15, -0.1) is 11.8 Å². The van der Waals surface area contributed by atoms with Gasteiger partial charge in [-0.2, -0.15) is 0 Å². The molecule has 0 fully saturated rings. The number of hydrogen-bond acceptors (Lipinski definition) is 2. The van der Waals surface area contributed by atoms with Crippen LogP contribution in [0.4, 0.5) is 0 Å². The maximum absolute atomic E-state index is 9.91. The topological polar surface area (TPSA) is 20.2 Å². The van der Waals surface area contributed by atoms with Crippen LogP contribution in [0.1, 0.15) is 16.7 Å². The summed E-state index contributed by atoms with van der Waals surface area (Å²) in [6.07, 6.45) is 0. The Bertz CT molecular complexity index is 635. The summed E-state index contributed by atoms with van der Waals surface area (Å²) < 4.78 is 0. The van der Waals surface area contributed by atoms with E-state index in [1.165, 1.54) is 21.2 Å². The van der Waals surface area contributed by atoms with Crippen LogP contribution in [0.15, 0.2) is 41.3 Å². The van der Waals surface area contributed by atoms with Crippen LogP contribution in [0.5, 0.6) is 5.75 Å². The van der Waals surface area contributed by atoms with Crippen LogP contribution in [0.2, 0.25) is 13.1 Å². The Balaban J connectivity index is 2.23. The lowest BCUT2D eigenvalue weighted by Crippen LogP contribution is -2.44. The van der Waals surface area contributed by atoms with E-state index in [1.807, 2.05) is 24.8 Å². The highest BCUT2D eigenvalue weighted by atomic mass is 32.2. The van der Waals surface area contributed by atoms with Crippen molar-refractivity contribution >= 4 is 25.0 Å². The number of rotatable bonds is 4. The average molecular weight is 317 g/mol. The number of phenolic OH excluding ortho intramolecular Hbond substituents is 1. The molecule has 0 bridgehead atoms. The fraction of sp³-hybridized carbons (Fsp3) is 0.333. The summed E-state index contributed by atoms with van der Waals surface area (Å²) in [4.78, 5) is 1.34. The summed E-state index contributed by atoms with van der Waals surface area (Å²) in [6.45, 7) is 11.0. The van der Waals surface area contributed by atoms with Gasteiger partial charge in [-0.25, -0.2) is 0 Å². The van der Waals surface area contributed by atoms with Crippen LogP contribution in [-0.2, 0) is 0 Å². The first-order chi connectivity index (χ1) is 9.83. The van der Waals surface area contributed by atoms with Crippen molar-refractivity contribution in [1.29, 1.82) is 0 Å². The minimum atomic E-state index is -1.44. The van der Waals surface area contributed by atoms with Gasteiger partial charge in [-0.05, 0) is 48.9 Å². The molecule has 0 radical (unpaired) electrons. The minimum absolute atomic E-state index is 0.411. The molecule has 0 unspecified atom stereocenters. The molecule has 2 aromatic rings. The van der Waals surface area contributed by atoms with E-state index in [2.05, 4.69) is 57.3 Å². The van der Waals surface area contributed by atoms with Crippen LogP contribution in [0, 0.1) is 20.8 Å². The Morgan fingerprint density at radius 3 is 2.24 bits per heavy atom. The van der Waals surface area contributed by atoms with Crippen molar-refractivity contribution < 1.29 is 5.11 Å². The van der Waals surface area contributed by atoms with Crippen molar-refractivity contribution in [2.24, 2.45) is 0 Å². The third-order valence-electron chi connectivity index (χ3n) is 4.13. The number of thioether (sulfide) groups is 1. The molecule has 1 nitrogen and oxygen atoms in total. The quantitative estimate of drug-likeness (QED) is 0.659. The predicted molar refractivity (Wildman–Crippen MR) is 96.6 cm³/mol. The van der Waals surface area contributed by atoms with Gasteiger partial charge in [0.15, 0.2) is 0 Å². The van der Waals surface area contributed by atoms with Crippen molar-refractivity contribution in [2.75, 3.05) is 5.38 Å². The molecular formula is C18H24OSSi. The van der Waals surface area contributed by atoms with Gasteiger partial charge in [-0.1, -0.05) is 48.6 Å². The van der Waals surface area contributed by atoms with Gasteiger partial charge in [0.2, 0.25) is 0 Å². The van der Waals surface area contributed by atoms with Gasteiger partial charge < -0.3 is 5.11 Å². The van der Waals surface area contributed by atoms with E-state index in [0.717, 1.165) is 10.9 Å². The maximum Gasteiger partial charge on any atom is 0.119 e. The highest BCUT2D eigenvalue weighted by molar-refractivity contribution is 8.01. The number of benzene rings is 2. The lowest BCUT2D eigenvalue weighted by molar-refractivity contribution is 0.469. The predicted octanol–water partition coefficient (Wildman–Crippen LogP) is 4.56. The molecule has 21 heavy (non-hydrogen) atoms. The molecule has 0 amide bonds. The van der Waals surface area contributed by atoms with Crippen LogP contribution < -0.4 is 5.19 Å². The summed E-state index contributed by atoms with van der Waals surface area (Å²) in [5.41, 5.74) is 3.40. The van der Waals surface area contributed by atoms with Crippen LogP contribution in [0.3, 0.4) is 0 Å². The van der Waals surface area contributed by atoms with E-state index in [-0.39, 0.29) is 0 Å². The van der Waals surface area contributed by atoms with Crippen molar-refractivity contribution in [3.8, 4) is 5.75 Å². The summed E-state index contributed by atoms with van der Waals surface area (Å²) in [5.74, 6) is 0.411. The second-order valence-electron chi connectivity index (χ2n) is 6.33. The molecule has 1 N–H and O–H groups in total. The molecule has 0 saturated carbocycles. The molecule has 0 aliphatic rings. The standard InChI is InChI=1S/C18H24OSSi/c1-13-11-17(19)14(2)15(3)18(13)20-12-21(4,5)16-9-7-6-8-10-16/h6-11,19H,12H2,1-5H3. The average Bonchev–Trinajstić information content (AvgIpc) is 2.45. The summed E-state index contributed by atoms with van der Waals surface area (Å²) in [6, 6.07) is 12.8. The molecule has 2 rings (SSSR count). The number of phenols is 1. The third kappa shape index (κ3) is 3.53. The Morgan fingerprint density at radius 1 is 1.00 bits per heavy atom. The molecule has 112 valence electrons. The second kappa shape index (κ2) is 6.28. The molecule has 0 aromatic heterocycles. The largest absolute Gasteiger partial charge is 0.508 e. The third-order valence-corrected chi connectivity index (χ3v) is 10.4. The zero-order valence-corrected chi connectivity index (χ0v) is 15.3. The zero-order valence-electron chi connectivity index (χ0n) is 13.5. The maximum atomic E-state index is 9.91. The normalized spacial score (nSPS) is 11.7. The van der Waals surface area contributed by atoms with Gasteiger partial charge in [0.05, 0.1) is 8.07 Å². The van der Waals surface area contributed by atoms with Crippen LogP contribution in [-0.4, -0.2) is 18.6 Å². The molecule has 0 aliphatic carbocycles. The Hall–Kier alpha value is -1.19. The fourth-order valence-corrected chi connectivity index (χ4v) is 6.92. The van der Waals surface area contributed by atoms with Gasteiger partial charge in [-0.3, -0.25) is 0 Å². The number of aromatic hydroxyl groups is 1. The number of aryl methyl sites for hydroxylation is 1. The molecule has 0 heterocycles. The highest BCUT2D eigenvalue weighted by Crippen LogP contribution is 2.34. The SMILES string of the molecule is Cc1cc(O)c(C)c(C)c1SC[Si](C)(C)c1ccccc1. The monoisotopic (exact) mass is 316 g/mol. The summed E-state index contributed by atoms with van der Waals surface area (Å²) >= 11 is 1.95. The van der Waals surface area contributed by atoms with E-state index in [0.29, 0.717) is 5.75 Å². The molecule has 0 saturated heterocycles. The van der Waals surface area contributed by atoms with E-state index in [9.17, 15) is 5.11 Å². The Labute approximate surface area is 133 Å². The van der Waals surface area contributed by atoms with Crippen molar-refractivity contribution in [2.45, 2.75) is 38.8 Å². The molecule has 3 heteroatoms. The minimum Gasteiger partial charge on any atom is -0.508 e. The summed E-state index contributed by atoms with van der Waals surface area (Å²) in [5, 5.41) is 12.6. The van der Waals surface area contributed by atoms with Gasteiger partial charge >= 0.3 is 0 Å². The lowest BCUT2D eigenvalue weighted by Gasteiger charge is -2.24. The van der Waals surface area contributed by atoms with E-state index < -0.39 is 8.07 Å². The van der Waals surface area contributed by atoms with E-state index in [1.54, 1.807) is 0 Å². The molecule has 2 aromatic carbocycles. The van der Waals surface area contributed by atoms with E-state index in [4.69, 9.17) is 0 Å². The van der Waals surface area contributed by atoms with E-state index >= 15 is 0 Å². The Morgan fingerprint density at radius 2 is 1.62 bits per heavy atom. The molecule has 0 spiro atoms. The zero-order chi connectivity index (χ0) is 15.6. The van der Waals surface area contributed by atoms with Crippen molar-refractivity contribution in [3.05, 3.63) is 53.1 Å². The fourth-order valence-electron chi connectivity index (χ4n) is 2.48. The van der Waals surface area contributed by atoms with Crippen LogP contribution >= 0.6 is 11.8 Å². The second-order valence-corrected chi connectivity index (χ2v) is 12.5. The van der Waals surface area contributed by atoms with Gasteiger partial charge in [0, 0.05) is 4.90 Å². The van der Waals surface area contributed by atoms with Gasteiger partial charge in [0.1, 0.15) is 5.75 Å². The Kier molecular flexibility index (Phi) is 4.84. The van der Waals surface area contributed by atoms with Crippen LogP contribution in [0.25, 0.3) is 0 Å². The number of hydrogen-bond donors (Lipinski definition) is 1. The molecular weight excluding hydrogens is 292 g/mol. The van der Waals surface area contributed by atoms with Crippen molar-refractivity contribution in [1.82, 2.24) is 0 Å². The highest BCUT2D eigenvalue weighted by Gasteiger charge is 2.24. The van der Waals surface area contributed by atoms with Gasteiger partial charge in [0.25, 0.3) is 0 Å². The first kappa shape index (κ1) is 16.2. The smallest absolute Gasteiger partial charge is 0.119 e.